The second-order valence-corrected chi connectivity index (χ2v) is 5.13. The first kappa shape index (κ1) is 16.1. The zero-order valence-electron chi connectivity index (χ0n) is 11.3. The average molecular weight is 339 g/mol. The van der Waals surface area contributed by atoms with E-state index < -0.39 is 11.8 Å². The Balaban J connectivity index is 1.78. The van der Waals surface area contributed by atoms with Gasteiger partial charge < -0.3 is 4.74 Å². The molecule has 2 rings (SSSR count). The van der Waals surface area contributed by atoms with Gasteiger partial charge in [0.05, 0.1) is 0 Å². The highest BCUT2D eigenvalue weighted by Crippen LogP contribution is 2.16. The van der Waals surface area contributed by atoms with Crippen molar-refractivity contribution in [3.63, 3.8) is 0 Å². The van der Waals surface area contributed by atoms with Gasteiger partial charge in [-0.25, -0.2) is 0 Å². The van der Waals surface area contributed by atoms with Crippen molar-refractivity contribution in [2.45, 2.75) is 0 Å². The van der Waals surface area contributed by atoms with Crippen molar-refractivity contribution in [1.29, 1.82) is 0 Å². The molecular formula is C15H12Cl2N2O3. The molecule has 0 aliphatic heterocycles. The van der Waals surface area contributed by atoms with E-state index in [1.807, 2.05) is 0 Å². The minimum atomic E-state index is -0.498. The maximum atomic E-state index is 11.8. The number of carbonyl (C=O) groups is 2. The van der Waals surface area contributed by atoms with Gasteiger partial charge in [-0.05, 0) is 42.5 Å². The van der Waals surface area contributed by atoms with Gasteiger partial charge in [-0.1, -0.05) is 29.3 Å². The van der Waals surface area contributed by atoms with Crippen LogP contribution in [0.15, 0.2) is 48.5 Å². The van der Waals surface area contributed by atoms with E-state index in [0.29, 0.717) is 21.4 Å². The molecule has 0 aliphatic rings. The number of rotatable bonds is 4. The van der Waals surface area contributed by atoms with E-state index in [1.54, 1.807) is 48.5 Å². The van der Waals surface area contributed by atoms with Crippen molar-refractivity contribution in [1.82, 2.24) is 10.9 Å². The SMILES string of the molecule is O=C(COc1cccc(Cl)c1)NNC(=O)c1ccc(Cl)cc1. The lowest BCUT2D eigenvalue weighted by Gasteiger charge is -2.09. The molecular weight excluding hydrogens is 327 g/mol. The van der Waals surface area contributed by atoms with Crippen LogP contribution in [-0.4, -0.2) is 18.4 Å². The number of amides is 2. The van der Waals surface area contributed by atoms with Crippen molar-refractivity contribution >= 4 is 35.0 Å². The first-order valence-electron chi connectivity index (χ1n) is 6.28. The Labute approximate surface area is 137 Å². The monoisotopic (exact) mass is 338 g/mol. The topological polar surface area (TPSA) is 67.4 Å². The van der Waals surface area contributed by atoms with Crippen LogP contribution in [0.5, 0.6) is 5.75 Å². The smallest absolute Gasteiger partial charge is 0.276 e. The van der Waals surface area contributed by atoms with Gasteiger partial charge in [-0.15, -0.1) is 0 Å². The molecule has 0 aliphatic carbocycles. The van der Waals surface area contributed by atoms with Gasteiger partial charge in [0.2, 0.25) is 0 Å². The van der Waals surface area contributed by atoms with Gasteiger partial charge in [0.1, 0.15) is 5.75 Å². The van der Waals surface area contributed by atoms with E-state index in [-0.39, 0.29) is 6.61 Å². The van der Waals surface area contributed by atoms with E-state index >= 15 is 0 Å². The fourth-order valence-corrected chi connectivity index (χ4v) is 1.85. The second-order valence-electron chi connectivity index (χ2n) is 4.26. The molecule has 0 saturated heterocycles. The molecule has 2 aromatic carbocycles. The van der Waals surface area contributed by atoms with Crippen molar-refractivity contribution < 1.29 is 14.3 Å². The predicted octanol–water partition coefficient (Wildman–Crippen LogP) is 2.83. The molecule has 114 valence electrons. The van der Waals surface area contributed by atoms with Crippen LogP contribution in [0, 0.1) is 0 Å². The highest BCUT2D eigenvalue weighted by Gasteiger charge is 2.08. The molecule has 0 bridgehead atoms. The summed E-state index contributed by atoms with van der Waals surface area (Å²) in [6.07, 6.45) is 0. The van der Waals surface area contributed by atoms with Crippen LogP contribution in [0.25, 0.3) is 0 Å². The lowest BCUT2D eigenvalue weighted by Crippen LogP contribution is -2.43. The van der Waals surface area contributed by atoms with Crippen LogP contribution < -0.4 is 15.6 Å². The van der Waals surface area contributed by atoms with E-state index in [4.69, 9.17) is 27.9 Å². The van der Waals surface area contributed by atoms with Crippen LogP contribution in [0.4, 0.5) is 0 Å². The van der Waals surface area contributed by atoms with Crippen LogP contribution >= 0.6 is 23.2 Å². The average Bonchev–Trinajstić information content (AvgIpc) is 2.51. The molecule has 0 unspecified atom stereocenters. The van der Waals surface area contributed by atoms with E-state index in [0.717, 1.165) is 0 Å². The molecule has 0 atom stereocenters. The fourth-order valence-electron chi connectivity index (χ4n) is 1.54. The highest BCUT2D eigenvalue weighted by molar-refractivity contribution is 6.31. The number of hydrogen-bond donors (Lipinski definition) is 2. The number of nitrogens with one attached hydrogen (secondary N) is 2. The van der Waals surface area contributed by atoms with Crippen molar-refractivity contribution in [3.05, 3.63) is 64.1 Å². The molecule has 0 saturated carbocycles. The number of ether oxygens (including phenoxy) is 1. The summed E-state index contributed by atoms with van der Waals surface area (Å²) in [5.74, 6) is -0.485. The van der Waals surface area contributed by atoms with E-state index in [2.05, 4.69) is 10.9 Å². The zero-order chi connectivity index (χ0) is 15.9. The molecule has 0 spiro atoms. The lowest BCUT2D eigenvalue weighted by molar-refractivity contribution is -0.123. The Morgan fingerprint density at radius 2 is 1.68 bits per heavy atom. The Kier molecular flexibility index (Phi) is 5.63. The summed E-state index contributed by atoms with van der Waals surface area (Å²) in [5.41, 5.74) is 4.90. The van der Waals surface area contributed by atoms with E-state index in [1.165, 1.54) is 0 Å². The Hall–Kier alpha value is -2.24. The van der Waals surface area contributed by atoms with Crippen LogP contribution in [0.1, 0.15) is 10.4 Å². The number of hydrogen-bond acceptors (Lipinski definition) is 3. The first-order valence-corrected chi connectivity index (χ1v) is 7.03. The third-order valence-corrected chi connectivity index (χ3v) is 3.07. The van der Waals surface area contributed by atoms with Crippen molar-refractivity contribution in [2.24, 2.45) is 0 Å². The van der Waals surface area contributed by atoms with E-state index in [9.17, 15) is 9.59 Å². The minimum Gasteiger partial charge on any atom is -0.484 e. The molecule has 5 nitrogen and oxygen atoms in total. The summed E-state index contributed by atoms with van der Waals surface area (Å²) in [6, 6.07) is 12.9. The van der Waals surface area contributed by atoms with Crippen molar-refractivity contribution in [3.8, 4) is 5.75 Å². The maximum absolute atomic E-state index is 11.8. The second kappa shape index (κ2) is 7.68. The summed E-state index contributed by atoms with van der Waals surface area (Å²) in [5, 5.41) is 1.03. The molecule has 0 radical (unpaired) electrons. The molecule has 2 amide bonds. The minimum absolute atomic E-state index is 0.249. The van der Waals surface area contributed by atoms with Crippen LogP contribution in [0.3, 0.4) is 0 Å². The molecule has 7 heteroatoms. The maximum Gasteiger partial charge on any atom is 0.276 e. The van der Waals surface area contributed by atoms with Crippen LogP contribution in [-0.2, 0) is 4.79 Å². The molecule has 0 heterocycles. The van der Waals surface area contributed by atoms with Crippen molar-refractivity contribution in [2.75, 3.05) is 6.61 Å². The van der Waals surface area contributed by atoms with Gasteiger partial charge in [0, 0.05) is 15.6 Å². The summed E-state index contributed by atoms with van der Waals surface area (Å²) in [4.78, 5) is 23.3. The molecule has 2 N–H and O–H groups in total. The quantitative estimate of drug-likeness (QED) is 0.842. The third-order valence-electron chi connectivity index (χ3n) is 2.59. The van der Waals surface area contributed by atoms with Gasteiger partial charge in [-0.2, -0.15) is 0 Å². The number of hydrazine groups is 1. The largest absolute Gasteiger partial charge is 0.484 e. The predicted molar refractivity (Wildman–Crippen MR) is 84.0 cm³/mol. The van der Waals surface area contributed by atoms with Gasteiger partial charge in [0.25, 0.3) is 11.8 Å². The van der Waals surface area contributed by atoms with Gasteiger partial charge in [-0.3, -0.25) is 20.4 Å². The molecule has 2 aromatic rings. The summed E-state index contributed by atoms with van der Waals surface area (Å²) >= 11 is 11.5. The molecule has 22 heavy (non-hydrogen) atoms. The lowest BCUT2D eigenvalue weighted by atomic mass is 10.2. The first-order chi connectivity index (χ1) is 10.5. The Bertz CT molecular complexity index is 675. The number of carbonyl (C=O) groups excluding carboxylic acids is 2. The highest BCUT2D eigenvalue weighted by atomic mass is 35.5. The number of benzene rings is 2. The number of halogens is 2. The summed E-state index contributed by atoms with van der Waals surface area (Å²) in [7, 11) is 0. The summed E-state index contributed by atoms with van der Waals surface area (Å²) < 4.78 is 5.24. The zero-order valence-corrected chi connectivity index (χ0v) is 12.8. The standard InChI is InChI=1S/C15H12Cl2N2O3/c16-11-6-4-10(5-7-11)15(21)19-18-14(20)9-22-13-3-1-2-12(17)8-13/h1-8H,9H2,(H,18,20)(H,19,21). The van der Waals surface area contributed by atoms with Crippen LogP contribution in [0.2, 0.25) is 10.0 Å². The van der Waals surface area contributed by atoms with Gasteiger partial charge >= 0.3 is 0 Å². The Morgan fingerprint density at radius 3 is 2.36 bits per heavy atom. The summed E-state index contributed by atoms with van der Waals surface area (Å²) in [6.45, 7) is -0.249. The Morgan fingerprint density at radius 1 is 0.955 bits per heavy atom. The molecule has 0 fully saturated rings. The molecule has 0 aromatic heterocycles. The fraction of sp³-hybridized carbons (Fsp3) is 0.0667. The van der Waals surface area contributed by atoms with Gasteiger partial charge in [0.15, 0.2) is 6.61 Å². The third kappa shape index (κ3) is 4.95. The normalized spacial score (nSPS) is 9.91.